The summed E-state index contributed by atoms with van der Waals surface area (Å²) in [5.74, 6) is -0.487. The van der Waals surface area contributed by atoms with Crippen LogP contribution in [0.4, 0.5) is 0 Å². The molecule has 6 aromatic carbocycles. The molecule has 0 aliphatic heterocycles. The molecule has 57 heavy (non-hydrogen) atoms. The SMILES string of the molecule is [2H]c1c(-c2cccc(-n3c4ccccc4c4cnccc43)c2-n2c3ccccc3c3cnccc32)nc(-n2c3c([2H])c([2H])c([2H])c([2H])c3c3c([2H])c([2H])c([2H])c([2H])c32)nc1-c1c([2H])c([2H])c([2H])c([2H])c1[2H]. The summed E-state index contributed by atoms with van der Waals surface area (Å²) in [6, 6.07) is 15.4. The zero-order valence-corrected chi connectivity index (χ0v) is 29.4. The van der Waals surface area contributed by atoms with Gasteiger partial charge in [0.05, 0.1) is 75.1 Å². The van der Waals surface area contributed by atoms with Crippen molar-refractivity contribution in [3.05, 3.63) is 188 Å². The molecule has 0 N–H and O–H groups in total. The van der Waals surface area contributed by atoms with Crippen molar-refractivity contribution < 1.29 is 19.2 Å². The summed E-state index contributed by atoms with van der Waals surface area (Å²) >= 11 is 0. The summed E-state index contributed by atoms with van der Waals surface area (Å²) in [4.78, 5) is 18.8. The number of aromatic nitrogens is 7. The zero-order valence-electron chi connectivity index (χ0n) is 43.4. The summed E-state index contributed by atoms with van der Waals surface area (Å²) in [6.07, 6.45) is 6.88. The summed E-state index contributed by atoms with van der Waals surface area (Å²) in [6.45, 7) is 0. The molecular formula is C50H31N7. The van der Waals surface area contributed by atoms with Crippen molar-refractivity contribution >= 4 is 65.4 Å². The highest BCUT2D eigenvalue weighted by Gasteiger charge is 2.24. The van der Waals surface area contributed by atoms with E-state index in [2.05, 4.69) is 14.5 Å². The van der Waals surface area contributed by atoms with E-state index in [0.717, 1.165) is 42.7 Å². The molecule has 12 aromatic rings. The highest BCUT2D eigenvalue weighted by Crippen LogP contribution is 2.42. The third-order valence-corrected chi connectivity index (χ3v) is 10.3. The molecule has 0 atom stereocenters. The van der Waals surface area contributed by atoms with Crippen LogP contribution in [0.3, 0.4) is 0 Å². The lowest BCUT2D eigenvalue weighted by atomic mass is 10.0. The Bertz CT molecular complexity index is 4160. The van der Waals surface area contributed by atoms with E-state index in [0.29, 0.717) is 16.9 Å². The van der Waals surface area contributed by atoms with Crippen LogP contribution in [0.1, 0.15) is 19.2 Å². The van der Waals surface area contributed by atoms with Gasteiger partial charge in [-0.15, -0.1) is 0 Å². The largest absolute Gasteiger partial charge is 0.307 e. The number of benzene rings is 6. The molecule has 266 valence electrons. The van der Waals surface area contributed by atoms with Crippen molar-refractivity contribution in [3.8, 4) is 39.8 Å². The van der Waals surface area contributed by atoms with Crippen molar-refractivity contribution in [2.45, 2.75) is 0 Å². The third-order valence-electron chi connectivity index (χ3n) is 10.3. The molecule has 7 heteroatoms. The lowest BCUT2D eigenvalue weighted by Crippen LogP contribution is -2.08. The smallest absolute Gasteiger partial charge is 0.235 e. The molecule has 0 amide bonds. The van der Waals surface area contributed by atoms with Gasteiger partial charge in [0.2, 0.25) is 5.95 Å². The van der Waals surface area contributed by atoms with E-state index < -0.39 is 102 Å². The van der Waals surface area contributed by atoms with Crippen LogP contribution in [0.25, 0.3) is 105 Å². The third kappa shape index (κ3) is 4.66. The maximum absolute atomic E-state index is 10.1. The van der Waals surface area contributed by atoms with Gasteiger partial charge in [-0.3, -0.25) is 14.5 Å². The second kappa shape index (κ2) is 12.3. The van der Waals surface area contributed by atoms with E-state index in [1.54, 1.807) is 36.9 Å². The van der Waals surface area contributed by atoms with Gasteiger partial charge in [-0.1, -0.05) is 115 Å². The first-order chi connectivity index (χ1) is 34.1. The number of rotatable bonds is 5. The average molecular weight is 744 g/mol. The molecule has 0 fully saturated rings. The van der Waals surface area contributed by atoms with Crippen LogP contribution in [0, 0.1) is 0 Å². The Morgan fingerprint density at radius 2 is 0.982 bits per heavy atom. The minimum Gasteiger partial charge on any atom is -0.307 e. The van der Waals surface area contributed by atoms with Crippen molar-refractivity contribution in [1.82, 2.24) is 33.6 Å². The van der Waals surface area contributed by atoms with E-state index in [1.807, 2.05) is 71.3 Å². The molecule has 7 nitrogen and oxygen atoms in total. The quantitative estimate of drug-likeness (QED) is 0.176. The van der Waals surface area contributed by atoms with E-state index in [4.69, 9.17) is 25.0 Å². The Morgan fingerprint density at radius 3 is 1.67 bits per heavy atom. The van der Waals surface area contributed by atoms with Gasteiger partial charge < -0.3 is 9.13 Å². The Labute approximate surface area is 346 Å². The van der Waals surface area contributed by atoms with Gasteiger partial charge >= 0.3 is 0 Å². The molecule has 12 rings (SSSR count). The Balaban J connectivity index is 1.33. The molecule has 0 saturated carbocycles. The molecule has 0 radical (unpaired) electrons. The number of pyridine rings is 2. The zero-order chi connectivity index (χ0) is 49.6. The van der Waals surface area contributed by atoms with Crippen molar-refractivity contribution in [3.63, 3.8) is 0 Å². The van der Waals surface area contributed by atoms with Crippen LogP contribution in [0.5, 0.6) is 0 Å². The minimum atomic E-state index is -0.718. The Kier molecular flexibility index (Phi) is 4.47. The van der Waals surface area contributed by atoms with Crippen LogP contribution in [0.2, 0.25) is 0 Å². The van der Waals surface area contributed by atoms with E-state index in [1.165, 1.54) is 0 Å². The van der Waals surface area contributed by atoms with Gasteiger partial charge in [0.15, 0.2) is 0 Å². The topological polar surface area (TPSA) is 66.3 Å². The van der Waals surface area contributed by atoms with Crippen LogP contribution in [-0.4, -0.2) is 33.6 Å². The molecular weight excluding hydrogens is 699 g/mol. The van der Waals surface area contributed by atoms with Crippen molar-refractivity contribution in [1.29, 1.82) is 0 Å². The summed E-state index contributed by atoms with van der Waals surface area (Å²) in [7, 11) is 0. The number of hydrogen-bond acceptors (Lipinski definition) is 4. The monoisotopic (exact) mass is 743 g/mol. The van der Waals surface area contributed by atoms with Gasteiger partial charge in [-0.2, -0.15) is 0 Å². The van der Waals surface area contributed by atoms with E-state index >= 15 is 0 Å². The molecule has 0 spiro atoms. The number of para-hydroxylation sites is 5. The van der Waals surface area contributed by atoms with Crippen LogP contribution in [0.15, 0.2) is 188 Å². The lowest BCUT2D eigenvalue weighted by Gasteiger charge is -2.21. The minimum absolute atomic E-state index is 0.173. The molecule has 0 saturated heterocycles. The van der Waals surface area contributed by atoms with Crippen LogP contribution in [-0.2, 0) is 0 Å². The number of hydrogen-bond donors (Lipinski definition) is 0. The molecule has 0 bridgehead atoms. The highest BCUT2D eigenvalue weighted by molar-refractivity contribution is 6.12. The Morgan fingerprint density at radius 1 is 0.421 bits per heavy atom. The molecule has 0 unspecified atom stereocenters. The lowest BCUT2D eigenvalue weighted by molar-refractivity contribution is 0.993. The maximum atomic E-state index is 10.1. The van der Waals surface area contributed by atoms with Crippen LogP contribution < -0.4 is 0 Å². The fourth-order valence-corrected chi connectivity index (χ4v) is 8.00. The number of fused-ring (bicyclic) bond motifs is 9. The fourth-order valence-electron chi connectivity index (χ4n) is 8.00. The first-order valence-electron chi connectivity index (χ1n) is 24.9. The van der Waals surface area contributed by atoms with Gasteiger partial charge in [-0.25, -0.2) is 9.97 Å². The highest BCUT2D eigenvalue weighted by atomic mass is 15.2. The first kappa shape index (κ1) is 20.7. The predicted molar refractivity (Wildman–Crippen MR) is 232 cm³/mol. The van der Waals surface area contributed by atoms with Gasteiger partial charge in [-0.05, 0) is 48.5 Å². The van der Waals surface area contributed by atoms with E-state index in [9.17, 15) is 4.11 Å². The summed E-state index contributed by atoms with van der Waals surface area (Å²) in [5, 5.41) is 2.85. The normalized spacial score (nSPS) is 15.3. The van der Waals surface area contributed by atoms with Gasteiger partial charge in [0, 0.05) is 68.2 Å². The van der Waals surface area contributed by atoms with Gasteiger partial charge in [0.25, 0.3) is 0 Å². The first-order valence-corrected chi connectivity index (χ1v) is 17.9. The standard InChI is InChI=1S/C50H31N7/c1-2-13-32(14-3-1)40-29-41(54-50(53-40)57-44-22-10-4-15-33(44)34-16-5-11-23-45(34)57)37-19-12-24-48(55-42-20-8-6-17-35(42)38-30-51-27-25-46(38)55)49(37)56-43-21-9-7-18-36(43)39-31-52-28-26-47(39)56/h1-31H/i1D,2D,3D,4D,5D,10D,11D,13D,14D,15D,16D,22D,23D,29D. The Hall–Kier alpha value is -7.90. The van der Waals surface area contributed by atoms with E-state index in [-0.39, 0.29) is 33.1 Å². The average Bonchev–Trinajstić information content (AvgIpc) is 4.04. The predicted octanol–water partition coefficient (Wildman–Crippen LogP) is 11.9. The van der Waals surface area contributed by atoms with Crippen molar-refractivity contribution in [2.75, 3.05) is 0 Å². The molecule has 0 aliphatic rings. The maximum Gasteiger partial charge on any atom is 0.235 e. The van der Waals surface area contributed by atoms with Crippen molar-refractivity contribution in [2.24, 2.45) is 0 Å². The molecule has 6 heterocycles. The van der Waals surface area contributed by atoms with Crippen LogP contribution >= 0.6 is 0 Å². The summed E-state index contributed by atoms with van der Waals surface area (Å²) in [5.41, 5.74) is 2.56. The van der Waals surface area contributed by atoms with Gasteiger partial charge in [0.1, 0.15) is 0 Å². The summed E-state index contributed by atoms with van der Waals surface area (Å²) < 4.78 is 131. The fraction of sp³-hybridized carbons (Fsp3) is 0. The molecule has 0 aliphatic carbocycles. The second-order valence-corrected chi connectivity index (χ2v) is 13.3. The number of nitrogens with zero attached hydrogens (tertiary/aromatic N) is 7. The second-order valence-electron chi connectivity index (χ2n) is 13.3. The molecule has 6 aromatic heterocycles.